The Morgan fingerprint density at radius 2 is 2.16 bits per heavy atom. The van der Waals surface area contributed by atoms with Crippen molar-refractivity contribution in [2.24, 2.45) is 0 Å². The first-order valence-electron chi connectivity index (χ1n) is 6.27. The second kappa shape index (κ2) is 9.29. The number of methoxy groups -OCH3 is 1. The number of nitrogens with one attached hydrogen (secondary N) is 2. The summed E-state index contributed by atoms with van der Waals surface area (Å²) in [6, 6.07) is 5.29. The molecule has 0 bridgehead atoms. The lowest BCUT2D eigenvalue weighted by atomic mass is 10.3. The highest BCUT2D eigenvalue weighted by Gasteiger charge is 2.06. The van der Waals surface area contributed by atoms with Crippen LogP contribution in [0, 0.1) is 0 Å². The third-order valence-corrected chi connectivity index (χ3v) is 2.42. The number of carbonyl (C=O) groups is 1. The molecule has 0 aromatic carbocycles. The Balaban J connectivity index is 2.20. The maximum absolute atomic E-state index is 11.8. The molecule has 2 N–H and O–H groups in total. The molecule has 1 amide bonds. The summed E-state index contributed by atoms with van der Waals surface area (Å²) in [4.78, 5) is 15.9. The first-order chi connectivity index (χ1) is 9.27. The zero-order chi connectivity index (χ0) is 13.9. The number of amides is 1. The molecular formula is C13H21N3O3. The molecule has 1 aromatic heterocycles. The van der Waals surface area contributed by atoms with Crippen LogP contribution in [0.15, 0.2) is 18.2 Å². The summed E-state index contributed by atoms with van der Waals surface area (Å²) in [7, 11) is 3.40. The van der Waals surface area contributed by atoms with Crippen molar-refractivity contribution in [2.45, 2.75) is 6.42 Å². The highest BCUT2D eigenvalue weighted by Crippen LogP contribution is 2.03. The lowest BCUT2D eigenvalue weighted by molar-refractivity contribution is 0.0688. The molecule has 1 rings (SSSR count). The second-order valence-electron chi connectivity index (χ2n) is 3.87. The van der Waals surface area contributed by atoms with Crippen LogP contribution in [-0.4, -0.2) is 51.4 Å². The summed E-state index contributed by atoms with van der Waals surface area (Å²) in [5.41, 5.74) is 0.409. The molecular weight excluding hydrogens is 246 g/mol. The molecule has 106 valence electrons. The van der Waals surface area contributed by atoms with Gasteiger partial charge in [0.05, 0.1) is 13.2 Å². The quantitative estimate of drug-likeness (QED) is 0.651. The topological polar surface area (TPSA) is 72.5 Å². The maximum Gasteiger partial charge on any atom is 0.269 e. The first kappa shape index (κ1) is 15.4. The summed E-state index contributed by atoms with van der Waals surface area (Å²) in [5.74, 6) is 0.504. The number of hydrogen-bond acceptors (Lipinski definition) is 5. The van der Waals surface area contributed by atoms with Crippen molar-refractivity contribution in [3.05, 3.63) is 23.9 Å². The molecule has 0 unspecified atom stereocenters. The lowest BCUT2D eigenvalue weighted by Crippen LogP contribution is -2.26. The van der Waals surface area contributed by atoms with Gasteiger partial charge in [-0.05, 0) is 18.6 Å². The van der Waals surface area contributed by atoms with E-state index in [-0.39, 0.29) is 5.91 Å². The van der Waals surface area contributed by atoms with Gasteiger partial charge in [-0.1, -0.05) is 6.07 Å². The smallest absolute Gasteiger partial charge is 0.269 e. The van der Waals surface area contributed by atoms with Gasteiger partial charge in [-0.2, -0.15) is 0 Å². The van der Waals surface area contributed by atoms with Crippen LogP contribution in [0.5, 0.6) is 0 Å². The Hall–Kier alpha value is -1.66. The molecule has 0 saturated heterocycles. The van der Waals surface area contributed by atoms with Crippen LogP contribution in [-0.2, 0) is 9.47 Å². The molecule has 0 aliphatic heterocycles. The van der Waals surface area contributed by atoms with Gasteiger partial charge in [-0.3, -0.25) is 4.79 Å². The minimum atomic E-state index is -0.172. The molecule has 19 heavy (non-hydrogen) atoms. The van der Waals surface area contributed by atoms with E-state index in [1.807, 2.05) is 0 Å². The van der Waals surface area contributed by atoms with Crippen molar-refractivity contribution in [1.29, 1.82) is 0 Å². The van der Waals surface area contributed by atoms with Crippen LogP contribution < -0.4 is 10.6 Å². The number of ether oxygens (including phenoxy) is 2. The Bertz CT molecular complexity index is 385. The van der Waals surface area contributed by atoms with E-state index in [0.717, 1.165) is 6.42 Å². The lowest BCUT2D eigenvalue weighted by Gasteiger charge is -2.06. The van der Waals surface area contributed by atoms with Gasteiger partial charge in [0, 0.05) is 27.3 Å². The fraction of sp³-hybridized carbons (Fsp3) is 0.538. The van der Waals surface area contributed by atoms with Crippen molar-refractivity contribution in [3.63, 3.8) is 0 Å². The zero-order valence-electron chi connectivity index (χ0n) is 11.4. The Morgan fingerprint density at radius 3 is 2.89 bits per heavy atom. The van der Waals surface area contributed by atoms with Gasteiger partial charge < -0.3 is 20.1 Å². The number of hydrogen-bond donors (Lipinski definition) is 2. The normalized spacial score (nSPS) is 10.2. The molecule has 0 fully saturated rings. The molecule has 0 spiro atoms. The van der Waals surface area contributed by atoms with Crippen molar-refractivity contribution < 1.29 is 14.3 Å². The van der Waals surface area contributed by atoms with Crippen LogP contribution in [0.25, 0.3) is 0 Å². The van der Waals surface area contributed by atoms with E-state index in [1.54, 1.807) is 32.4 Å². The number of carbonyl (C=O) groups excluding carboxylic acids is 1. The van der Waals surface area contributed by atoms with Gasteiger partial charge in [0.2, 0.25) is 0 Å². The van der Waals surface area contributed by atoms with Crippen LogP contribution in [0.1, 0.15) is 16.9 Å². The van der Waals surface area contributed by atoms with Crippen molar-refractivity contribution in [2.75, 3.05) is 45.8 Å². The zero-order valence-corrected chi connectivity index (χ0v) is 11.4. The Labute approximate surface area is 113 Å². The van der Waals surface area contributed by atoms with Gasteiger partial charge in [0.1, 0.15) is 11.5 Å². The standard InChI is InChI=1S/C13H21N3O3/c1-14-12-6-3-5-11(16-12)13(17)15-7-4-8-19-10-9-18-2/h3,5-6H,4,7-10H2,1-2H3,(H,14,16)(H,15,17). The summed E-state index contributed by atoms with van der Waals surface area (Å²) in [6.45, 7) is 2.34. The number of anilines is 1. The fourth-order valence-corrected chi connectivity index (χ4v) is 1.41. The van der Waals surface area contributed by atoms with Crippen molar-refractivity contribution in [3.8, 4) is 0 Å². The Morgan fingerprint density at radius 1 is 1.32 bits per heavy atom. The molecule has 6 heteroatoms. The average Bonchev–Trinajstić information content (AvgIpc) is 2.46. The number of pyridine rings is 1. The van der Waals surface area contributed by atoms with Gasteiger partial charge >= 0.3 is 0 Å². The van der Waals surface area contributed by atoms with Gasteiger partial charge in [-0.25, -0.2) is 4.98 Å². The van der Waals surface area contributed by atoms with E-state index < -0.39 is 0 Å². The van der Waals surface area contributed by atoms with Gasteiger partial charge in [-0.15, -0.1) is 0 Å². The first-order valence-corrected chi connectivity index (χ1v) is 6.27. The van der Waals surface area contributed by atoms with Gasteiger partial charge in [0.25, 0.3) is 5.91 Å². The van der Waals surface area contributed by atoms with E-state index in [4.69, 9.17) is 9.47 Å². The number of rotatable bonds is 9. The predicted octanol–water partition coefficient (Wildman–Crippen LogP) is 0.906. The predicted molar refractivity (Wildman–Crippen MR) is 73.4 cm³/mol. The minimum absolute atomic E-state index is 0.172. The minimum Gasteiger partial charge on any atom is -0.382 e. The molecule has 6 nitrogen and oxygen atoms in total. The van der Waals surface area contributed by atoms with Crippen LogP contribution >= 0.6 is 0 Å². The van der Waals surface area contributed by atoms with E-state index in [1.165, 1.54) is 0 Å². The number of aromatic nitrogens is 1. The van der Waals surface area contributed by atoms with Crippen LogP contribution in [0.4, 0.5) is 5.82 Å². The molecule has 1 aromatic rings. The second-order valence-corrected chi connectivity index (χ2v) is 3.87. The van der Waals surface area contributed by atoms with Crippen molar-refractivity contribution >= 4 is 11.7 Å². The molecule has 0 saturated carbocycles. The van der Waals surface area contributed by atoms with Crippen LogP contribution in [0.3, 0.4) is 0 Å². The molecule has 0 atom stereocenters. The summed E-state index contributed by atoms with van der Waals surface area (Å²) in [6.07, 6.45) is 0.765. The third kappa shape index (κ3) is 6.17. The summed E-state index contributed by atoms with van der Waals surface area (Å²) >= 11 is 0. The Kier molecular flexibility index (Phi) is 7.53. The van der Waals surface area contributed by atoms with Gasteiger partial charge in [0.15, 0.2) is 0 Å². The largest absolute Gasteiger partial charge is 0.382 e. The number of nitrogens with zero attached hydrogens (tertiary/aromatic N) is 1. The summed E-state index contributed by atoms with van der Waals surface area (Å²) in [5, 5.41) is 5.70. The van der Waals surface area contributed by atoms with Crippen LogP contribution in [0.2, 0.25) is 0 Å². The average molecular weight is 267 g/mol. The highest BCUT2D eigenvalue weighted by atomic mass is 16.5. The van der Waals surface area contributed by atoms with Crippen molar-refractivity contribution in [1.82, 2.24) is 10.3 Å². The van der Waals surface area contributed by atoms with E-state index in [0.29, 0.717) is 37.9 Å². The molecule has 0 radical (unpaired) electrons. The monoisotopic (exact) mass is 267 g/mol. The molecule has 0 aliphatic rings. The maximum atomic E-state index is 11.8. The molecule has 0 aliphatic carbocycles. The van der Waals surface area contributed by atoms with E-state index >= 15 is 0 Å². The molecule has 1 heterocycles. The summed E-state index contributed by atoms with van der Waals surface area (Å²) < 4.78 is 10.2. The highest BCUT2D eigenvalue weighted by molar-refractivity contribution is 5.92. The SMILES string of the molecule is CNc1cccc(C(=O)NCCCOCCOC)n1. The van der Waals surface area contributed by atoms with E-state index in [9.17, 15) is 4.79 Å². The fourth-order valence-electron chi connectivity index (χ4n) is 1.41. The van der Waals surface area contributed by atoms with E-state index in [2.05, 4.69) is 15.6 Å². The third-order valence-electron chi connectivity index (χ3n) is 2.42.